The Labute approximate surface area is 174 Å². The van der Waals surface area contributed by atoms with Crippen LogP contribution in [-0.2, 0) is 9.53 Å². The predicted octanol–water partition coefficient (Wildman–Crippen LogP) is 3.43. The van der Waals surface area contributed by atoms with Crippen LogP contribution in [0.1, 0.15) is 18.5 Å². The van der Waals surface area contributed by atoms with Crippen LogP contribution in [0, 0.1) is 5.82 Å². The van der Waals surface area contributed by atoms with Gasteiger partial charge in [-0.1, -0.05) is 18.2 Å². The quantitative estimate of drug-likeness (QED) is 0.703. The average Bonchev–Trinajstić information content (AvgIpc) is 2.75. The van der Waals surface area contributed by atoms with Crippen molar-refractivity contribution in [1.82, 2.24) is 10.2 Å². The number of rotatable bonds is 7. The van der Waals surface area contributed by atoms with Crippen LogP contribution in [-0.4, -0.2) is 44.3 Å². The Kier molecular flexibility index (Phi) is 6.56. The number of benzene rings is 2. The first-order valence-electron chi connectivity index (χ1n) is 9.42. The fraction of sp³-hybridized carbons (Fsp3) is 0.273. The third-order valence-corrected chi connectivity index (χ3v) is 4.71. The van der Waals surface area contributed by atoms with E-state index in [1.807, 2.05) is 0 Å². The first-order chi connectivity index (χ1) is 14.5. The maximum absolute atomic E-state index is 13.2. The number of ether oxygens (including phenoxy) is 3. The van der Waals surface area contributed by atoms with Crippen LogP contribution in [0.25, 0.3) is 0 Å². The van der Waals surface area contributed by atoms with Crippen molar-refractivity contribution in [3.05, 3.63) is 71.2 Å². The van der Waals surface area contributed by atoms with Gasteiger partial charge in [-0.3, -0.25) is 4.90 Å². The lowest BCUT2D eigenvalue weighted by atomic mass is 9.94. The van der Waals surface area contributed by atoms with Gasteiger partial charge in [0.25, 0.3) is 0 Å². The number of amides is 2. The molecule has 0 bridgehead atoms. The van der Waals surface area contributed by atoms with Crippen molar-refractivity contribution in [2.45, 2.75) is 13.0 Å². The van der Waals surface area contributed by atoms with Gasteiger partial charge in [0.15, 0.2) is 0 Å². The molecule has 8 heteroatoms. The number of nitrogens with zero attached hydrogens (tertiary/aromatic N) is 1. The maximum Gasteiger partial charge on any atom is 0.338 e. The largest absolute Gasteiger partial charge is 0.496 e. The predicted molar refractivity (Wildman–Crippen MR) is 108 cm³/mol. The molecule has 3 rings (SSSR count). The van der Waals surface area contributed by atoms with E-state index < -0.39 is 18.0 Å². The van der Waals surface area contributed by atoms with E-state index in [2.05, 4.69) is 5.32 Å². The number of esters is 1. The monoisotopic (exact) mass is 414 g/mol. The van der Waals surface area contributed by atoms with Gasteiger partial charge in [0.05, 0.1) is 31.0 Å². The number of carbonyl (C=O) groups excluding carboxylic acids is 2. The van der Waals surface area contributed by atoms with Crippen LogP contribution in [0.5, 0.6) is 11.5 Å². The molecule has 0 saturated heterocycles. The summed E-state index contributed by atoms with van der Waals surface area (Å²) in [5, 5.41) is 2.83. The smallest absolute Gasteiger partial charge is 0.338 e. The van der Waals surface area contributed by atoms with Crippen molar-refractivity contribution in [3.63, 3.8) is 0 Å². The van der Waals surface area contributed by atoms with E-state index in [9.17, 15) is 14.0 Å². The maximum atomic E-state index is 13.2. The zero-order valence-corrected chi connectivity index (χ0v) is 17.0. The first kappa shape index (κ1) is 21.2. The van der Waals surface area contributed by atoms with Crippen LogP contribution >= 0.6 is 0 Å². The first-order valence-corrected chi connectivity index (χ1v) is 9.42. The summed E-state index contributed by atoms with van der Waals surface area (Å²) in [5.41, 5.74) is 1.20. The highest BCUT2D eigenvalue weighted by Gasteiger charge is 2.38. The lowest BCUT2D eigenvalue weighted by molar-refractivity contribution is -0.139. The molecule has 1 aliphatic heterocycles. The van der Waals surface area contributed by atoms with Crippen molar-refractivity contribution >= 4 is 12.0 Å². The Morgan fingerprint density at radius 2 is 1.87 bits per heavy atom. The van der Waals surface area contributed by atoms with E-state index in [-0.39, 0.29) is 24.6 Å². The summed E-state index contributed by atoms with van der Waals surface area (Å²) >= 11 is 0. The molecule has 7 nitrogen and oxygen atoms in total. The molecule has 1 atom stereocenters. The Bertz CT molecular complexity index is 958. The van der Waals surface area contributed by atoms with Gasteiger partial charge in [0.1, 0.15) is 23.9 Å². The van der Waals surface area contributed by atoms with Gasteiger partial charge in [-0.25, -0.2) is 14.0 Å². The van der Waals surface area contributed by atoms with Crippen LogP contribution in [0.4, 0.5) is 9.18 Å². The number of carbonyl (C=O) groups is 2. The lowest BCUT2D eigenvalue weighted by Crippen LogP contribution is -2.48. The summed E-state index contributed by atoms with van der Waals surface area (Å²) in [6, 6.07) is 11.4. The molecule has 2 amide bonds. The molecule has 1 N–H and O–H groups in total. The highest BCUT2D eigenvalue weighted by molar-refractivity contribution is 5.95. The molecule has 1 aliphatic rings. The molecule has 158 valence electrons. The normalized spacial score (nSPS) is 16.2. The molecule has 1 heterocycles. The fourth-order valence-corrected chi connectivity index (χ4v) is 3.20. The second kappa shape index (κ2) is 9.30. The Morgan fingerprint density at radius 3 is 2.53 bits per heavy atom. The number of halogens is 1. The van der Waals surface area contributed by atoms with Crippen molar-refractivity contribution in [2.24, 2.45) is 0 Å². The third kappa shape index (κ3) is 4.37. The molecular formula is C22H23FN2O5. The molecule has 2 aromatic rings. The summed E-state index contributed by atoms with van der Waals surface area (Å²) in [6.45, 7) is 1.79. The molecule has 30 heavy (non-hydrogen) atoms. The summed E-state index contributed by atoms with van der Waals surface area (Å²) in [4.78, 5) is 26.9. The second-order valence-electron chi connectivity index (χ2n) is 6.51. The zero-order chi connectivity index (χ0) is 21.7. The molecule has 0 aromatic heterocycles. The number of methoxy groups -OCH3 is 1. The zero-order valence-electron chi connectivity index (χ0n) is 17.0. The van der Waals surface area contributed by atoms with E-state index in [0.29, 0.717) is 22.8 Å². The highest BCUT2D eigenvalue weighted by Crippen LogP contribution is 2.35. The third-order valence-electron chi connectivity index (χ3n) is 4.71. The topological polar surface area (TPSA) is 77.1 Å². The van der Waals surface area contributed by atoms with Gasteiger partial charge in [-0.15, -0.1) is 0 Å². The van der Waals surface area contributed by atoms with Crippen molar-refractivity contribution < 1.29 is 28.2 Å². The summed E-state index contributed by atoms with van der Waals surface area (Å²) in [6.07, 6.45) is 0. The standard InChI is InChI=1S/C22H23FN2O5/c1-4-29-21(26)19-17(13-30-15-11-9-14(23)10-12-15)25(2)22(27)24-20(19)16-7-5-6-8-18(16)28-3/h5-12,20H,4,13H2,1-3H3,(H,24,27). The van der Waals surface area contributed by atoms with Gasteiger partial charge in [0, 0.05) is 12.6 Å². The Hall–Kier alpha value is -3.55. The summed E-state index contributed by atoms with van der Waals surface area (Å²) in [7, 11) is 3.05. The lowest BCUT2D eigenvalue weighted by Gasteiger charge is -2.34. The molecule has 0 radical (unpaired) electrons. The molecule has 2 aromatic carbocycles. The minimum atomic E-state index is -0.782. The van der Waals surface area contributed by atoms with E-state index in [1.165, 1.54) is 43.3 Å². The number of urea groups is 1. The van der Waals surface area contributed by atoms with Crippen molar-refractivity contribution in [1.29, 1.82) is 0 Å². The van der Waals surface area contributed by atoms with E-state index in [0.717, 1.165) is 0 Å². The van der Waals surface area contributed by atoms with E-state index in [4.69, 9.17) is 14.2 Å². The van der Waals surface area contributed by atoms with E-state index in [1.54, 1.807) is 31.2 Å². The van der Waals surface area contributed by atoms with Crippen LogP contribution in [0.3, 0.4) is 0 Å². The van der Waals surface area contributed by atoms with Gasteiger partial charge >= 0.3 is 12.0 Å². The van der Waals surface area contributed by atoms with Crippen molar-refractivity contribution in [2.75, 3.05) is 27.4 Å². The van der Waals surface area contributed by atoms with Crippen LogP contribution in [0.15, 0.2) is 59.8 Å². The van der Waals surface area contributed by atoms with Crippen molar-refractivity contribution in [3.8, 4) is 11.5 Å². The Morgan fingerprint density at radius 1 is 1.17 bits per heavy atom. The molecule has 1 unspecified atom stereocenters. The minimum absolute atomic E-state index is 0.0879. The average molecular weight is 414 g/mol. The number of hydrogen-bond donors (Lipinski definition) is 1. The Balaban J connectivity index is 2.05. The van der Waals surface area contributed by atoms with E-state index >= 15 is 0 Å². The SMILES string of the molecule is CCOC(=O)C1=C(COc2ccc(F)cc2)N(C)C(=O)NC1c1ccccc1OC. The molecule has 0 fully saturated rings. The molecule has 0 spiro atoms. The van der Waals surface area contributed by atoms with Gasteiger partial charge in [-0.05, 0) is 37.3 Å². The number of nitrogens with one attached hydrogen (secondary N) is 1. The minimum Gasteiger partial charge on any atom is -0.496 e. The number of hydrogen-bond acceptors (Lipinski definition) is 5. The van der Waals surface area contributed by atoms with Gasteiger partial charge in [-0.2, -0.15) is 0 Å². The number of likely N-dealkylation sites (N-methyl/N-ethyl adjacent to an activating group) is 1. The molecule has 0 saturated carbocycles. The second-order valence-corrected chi connectivity index (χ2v) is 6.51. The van der Waals surface area contributed by atoms with Gasteiger partial charge < -0.3 is 19.5 Å². The molecule has 0 aliphatic carbocycles. The fourth-order valence-electron chi connectivity index (χ4n) is 3.20. The summed E-state index contributed by atoms with van der Waals surface area (Å²) < 4.78 is 29.6. The number of para-hydroxylation sites is 1. The summed E-state index contributed by atoms with van der Waals surface area (Å²) in [5.74, 6) is -0.0366. The molecular weight excluding hydrogens is 391 g/mol. The van der Waals surface area contributed by atoms with Crippen LogP contribution < -0.4 is 14.8 Å². The highest BCUT2D eigenvalue weighted by atomic mass is 19.1. The van der Waals surface area contributed by atoms with Gasteiger partial charge in [0.2, 0.25) is 0 Å². The van der Waals surface area contributed by atoms with Crippen LogP contribution in [0.2, 0.25) is 0 Å².